The molecule has 0 radical (unpaired) electrons. The van der Waals surface area contributed by atoms with E-state index in [0.717, 1.165) is 11.3 Å². The van der Waals surface area contributed by atoms with E-state index in [1.54, 1.807) is 17.5 Å². The number of carbonyl (C=O) groups excluding carboxylic acids is 1. The maximum absolute atomic E-state index is 12.0. The Hall–Kier alpha value is -0.940. The molecular formula is C10H10O3S2. The van der Waals surface area contributed by atoms with Gasteiger partial charge >= 0.3 is 0 Å². The van der Waals surface area contributed by atoms with Crippen LogP contribution < -0.4 is 0 Å². The molecule has 0 spiro atoms. The van der Waals surface area contributed by atoms with Crippen molar-refractivity contribution >= 4 is 27.0 Å². The second-order valence-electron chi connectivity index (χ2n) is 3.44. The van der Waals surface area contributed by atoms with Crippen LogP contribution in [0, 0.1) is 0 Å². The Kier molecular flexibility index (Phi) is 2.52. The van der Waals surface area contributed by atoms with Gasteiger partial charge in [0.1, 0.15) is 4.21 Å². The Labute approximate surface area is 92.4 Å². The lowest BCUT2D eigenvalue weighted by molar-refractivity contribution is 0.0975. The van der Waals surface area contributed by atoms with E-state index in [0.29, 0.717) is 12.0 Å². The molecule has 5 heteroatoms. The minimum atomic E-state index is -3.31. The van der Waals surface area contributed by atoms with E-state index < -0.39 is 15.1 Å². The van der Waals surface area contributed by atoms with Gasteiger partial charge in [0.2, 0.25) is 0 Å². The molecule has 0 bridgehead atoms. The Balaban J connectivity index is 2.56. The van der Waals surface area contributed by atoms with E-state index in [2.05, 4.69) is 6.58 Å². The second-order valence-corrected chi connectivity index (χ2v) is 6.78. The lowest BCUT2D eigenvalue weighted by atomic mass is 10.1. The standard InChI is InChI=1S/C10H10O3S2/c1-2-3-7-6-9(11)8-4-5-14-10(8)15(7,12)13/h2,4-5,7H,1,3,6H2. The molecule has 1 atom stereocenters. The Morgan fingerprint density at radius 3 is 3.00 bits per heavy atom. The number of allylic oxidation sites excluding steroid dienone is 1. The first-order valence-electron chi connectivity index (χ1n) is 4.53. The molecule has 0 aliphatic carbocycles. The molecule has 0 N–H and O–H groups in total. The van der Waals surface area contributed by atoms with Crippen molar-refractivity contribution in [3.05, 3.63) is 29.7 Å². The van der Waals surface area contributed by atoms with Gasteiger partial charge in [0.05, 0.1) is 5.25 Å². The summed E-state index contributed by atoms with van der Waals surface area (Å²) in [5.74, 6) is -0.0760. The van der Waals surface area contributed by atoms with Gasteiger partial charge in [0.15, 0.2) is 15.6 Å². The van der Waals surface area contributed by atoms with Gasteiger partial charge in [-0.15, -0.1) is 17.9 Å². The fourth-order valence-corrected chi connectivity index (χ4v) is 5.00. The van der Waals surface area contributed by atoms with Crippen LogP contribution in [-0.4, -0.2) is 19.5 Å². The number of fused-ring (bicyclic) bond motifs is 1. The molecule has 1 aliphatic heterocycles. The molecule has 15 heavy (non-hydrogen) atoms. The van der Waals surface area contributed by atoms with Crippen LogP contribution in [0.25, 0.3) is 0 Å². The van der Waals surface area contributed by atoms with Crippen LogP contribution in [0.1, 0.15) is 23.2 Å². The largest absolute Gasteiger partial charge is 0.294 e. The van der Waals surface area contributed by atoms with E-state index in [1.165, 1.54) is 0 Å². The van der Waals surface area contributed by atoms with Gasteiger partial charge in [-0.3, -0.25) is 4.79 Å². The molecule has 2 rings (SSSR count). The van der Waals surface area contributed by atoms with Crippen molar-refractivity contribution in [3.8, 4) is 0 Å². The summed E-state index contributed by atoms with van der Waals surface area (Å²) in [5.41, 5.74) is 0.361. The summed E-state index contributed by atoms with van der Waals surface area (Å²) in [5, 5.41) is 1.03. The van der Waals surface area contributed by atoms with Gasteiger partial charge in [0, 0.05) is 12.0 Å². The minimum absolute atomic E-state index is 0.0760. The molecule has 1 unspecified atom stereocenters. The molecule has 0 amide bonds. The van der Waals surface area contributed by atoms with Crippen LogP contribution in [0.3, 0.4) is 0 Å². The highest BCUT2D eigenvalue weighted by atomic mass is 32.2. The summed E-state index contributed by atoms with van der Waals surface area (Å²) in [7, 11) is -3.31. The number of hydrogen-bond acceptors (Lipinski definition) is 4. The van der Waals surface area contributed by atoms with Gasteiger partial charge in [-0.2, -0.15) is 0 Å². The van der Waals surface area contributed by atoms with Gasteiger partial charge in [-0.25, -0.2) is 8.42 Å². The molecule has 2 heterocycles. The topological polar surface area (TPSA) is 51.2 Å². The van der Waals surface area contributed by atoms with Crippen LogP contribution in [0.2, 0.25) is 0 Å². The fourth-order valence-electron chi connectivity index (χ4n) is 1.70. The van der Waals surface area contributed by atoms with E-state index in [-0.39, 0.29) is 16.4 Å². The van der Waals surface area contributed by atoms with E-state index in [1.807, 2.05) is 0 Å². The van der Waals surface area contributed by atoms with Crippen LogP contribution in [0.4, 0.5) is 0 Å². The Morgan fingerprint density at radius 2 is 2.33 bits per heavy atom. The highest BCUT2D eigenvalue weighted by Gasteiger charge is 2.38. The predicted octanol–water partition coefficient (Wildman–Crippen LogP) is 2.05. The number of sulfone groups is 1. The average molecular weight is 242 g/mol. The van der Waals surface area contributed by atoms with Gasteiger partial charge in [-0.05, 0) is 17.9 Å². The summed E-state index contributed by atoms with van der Waals surface area (Å²) < 4.78 is 24.2. The third-order valence-corrected chi connectivity index (χ3v) is 6.14. The van der Waals surface area contributed by atoms with Crippen LogP contribution in [0.5, 0.6) is 0 Å². The van der Waals surface area contributed by atoms with E-state index in [9.17, 15) is 13.2 Å². The van der Waals surface area contributed by atoms with Crippen molar-refractivity contribution < 1.29 is 13.2 Å². The monoisotopic (exact) mass is 242 g/mol. The minimum Gasteiger partial charge on any atom is -0.294 e. The lowest BCUT2D eigenvalue weighted by Crippen LogP contribution is -2.29. The highest BCUT2D eigenvalue weighted by molar-refractivity contribution is 7.94. The van der Waals surface area contributed by atoms with Crippen LogP contribution >= 0.6 is 11.3 Å². The molecule has 1 aromatic rings. The van der Waals surface area contributed by atoms with Gasteiger partial charge in [-0.1, -0.05) is 6.08 Å². The zero-order chi connectivity index (χ0) is 11.1. The van der Waals surface area contributed by atoms with Crippen molar-refractivity contribution in [1.82, 2.24) is 0 Å². The first kappa shape index (κ1) is 10.6. The van der Waals surface area contributed by atoms with Crippen molar-refractivity contribution in [2.24, 2.45) is 0 Å². The summed E-state index contributed by atoms with van der Waals surface area (Å²) in [6.45, 7) is 3.52. The number of hydrogen-bond donors (Lipinski definition) is 0. The van der Waals surface area contributed by atoms with Crippen molar-refractivity contribution in [3.63, 3.8) is 0 Å². The average Bonchev–Trinajstić information content (AvgIpc) is 2.64. The molecule has 3 nitrogen and oxygen atoms in total. The third kappa shape index (κ3) is 1.55. The third-order valence-electron chi connectivity index (χ3n) is 2.47. The summed E-state index contributed by atoms with van der Waals surface area (Å²) in [6.07, 6.45) is 1.97. The molecule has 0 saturated carbocycles. The first-order chi connectivity index (χ1) is 7.07. The number of thiophene rings is 1. The number of ketones is 1. The molecule has 1 aromatic heterocycles. The summed E-state index contributed by atoms with van der Waals surface area (Å²) in [6, 6.07) is 1.59. The Morgan fingerprint density at radius 1 is 1.60 bits per heavy atom. The number of Topliss-reactive ketones (excluding diaryl/α,β-unsaturated/α-hetero) is 1. The van der Waals surface area contributed by atoms with Crippen molar-refractivity contribution in [2.75, 3.05) is 0 Å². The zero-order valence-electron chi connectivity index (χ0n) is 7.97. The maximum Gasteiger partial charge on any atom is 0.192 e. The second kappa shape index (κ2) is 3.57. The van der Waals surface area contributed by atoms with Crippen LogP contribution in [-0.2, 0) is 9.84 Å². The molecule has 0 saturated heterocycles. The smallest absolute Gasteiger partial charge is 0.192 e. The number of rotatable bonds is 2. The molecule has 1 aliphatic rings. The SMILES string of the molecule is C=CCC1CC(=O)c2ccsc2S1(=O)=O. The molecule has 0 aromatic carbocycles. The normalized spacial score (nSPS) is 23.5. The van der Waals surface area contributed by atoms with Crippen LogP contribution in [0.15, 0.2) is 28.3 Å². The quantitative estimate of drug-likeness (QED) is 0.746. The van der Waals surface area contributed by atoms with Crippen molar-refractivity contribution in [1.29, 1.82) is 0 Å². The van der Waals surface area contributed by atoms with Gasteiger partial charge < -0.3 is 0 Å². The maximum atomic E-state index is 12.0. The molecule has 0 fully saturated rings. The number of carbonyl (C=O) groups is 1. The first-order valence-corrected chi connectivity index (χ1v) is 6.95. The van der Waals surface area contributed by atoms with E-state index in [4.69, 9.17) is 0 Å². The summed E-state index contributed by atoms with van der Waals surface area (Å²) in [4.78, 5) is 11.6. The zero-order valence-corrected chi connectivity index (χ0v) is 9.60. The predicted molar refractivity (Wildman–Crippen MR) is 59.1 cm³/mol. The van der Waals surface area contributed by atoms with Crippen molar-refractivity contribution in [2.45, 2.75) is 22.3 Å². The summed E-state index contributed by atoms with van der Waals surface area (Å²) >= 11 is 1.12. The van der Waals surface area contributed by atoms with E-state index >= 15 is 0 Å². The fraction of sp³-hybridized carbons (Fsp3) is 0.300. The van der Waals surface area contributed by atoms with Gasteiger partial charge in [0.25, 0.3) is 0 Å². The highest BCUT2D eigenvalue weighted by Crippen LogP contribution is 2.35. The molecular weight excluding hydrogens is 232 g/mol. The Bertz CT molecular complexity index is 511. The lowest BCUT2D eigenvalue weighted by Gasteiger charge is -2.19. The molecule has 80 valence electrons.